The van der Waals surface area contributed by atoms with Crippen molar-refractivity contribution in [2.75, 3.05) is 0 Å². The Morgan fingerprint density at radius 2 is 1.56 bits per heavy atom. The number of imide groups is 1. The van der Waals surface area contributed by atoms with Gasteiger partial charge < -0.3 is 24.1 Å². The van der Waals surface area contributed by atoms with E-state index in [9.17, 15) is 29.1 Å². The van der Waals surface area contributed by atoms with Gasteiger partial charge in [-0.15, -0.1) is 0 Å². The van der Waals surface area contributed by atoms with E-state index in [4.69, 9.17) is 18.9 Å². The van der Waals surface area contributed by atoms with Crippen molar-refractivity contribution in [2.45, 2.75) is 150 Å². The summed E-state index contributed by atoms with van der Waals surface area (Å²) in [5, 5.41) is 11.4. The average molecular weight is 752 g/mol. The Balaban J connectivity index is 1.18. The maximum Gasteiger partial charge on any atom is 0.417 e. The molecule has 4 saturated carbocycles. The number of nitrogens with zero attached hydrogens (tertiary/aromatic N) is 1. The van der Waals surface area contributed by atoms with E-state index in [1.54, 1.807) is 13.8 Å². The lowest BCUT2D eigenvalue weighted by Crippen LogP contribution is -2.63. The highest BCUT2D eigenvalue weighted by Crippen LogP contribution is 2.69. The number of rotatable bonds is 10. The minimum atomic E-state index is -0.966. The van der Waals surface area contributed by atoms with Crippen LogP contribution in [-0.2, 0) is 38.1 Å². The van der Waals surface area contributed by atoms with Gasteiger partial charge in [-0.3, -0.25) is 19.2 Å². The molecule has 1 aromatic rings. The van der Waals surface area contributed by atoms with Crippen LogP contribution in [0.4, 0.5) is 4.79 Å². The van der Waals surface area contributed by atoms with Gasteiger partial charge >= 0.3 is 24.0 Å². The van der Waals surface area contributed by atoms with E-state index in [1.807, 2.05) is 30.3 Å². The maximum atomic E-state index is 13.7. The van der Waals surface area contributed by atoms with Crippen molar-refractivity contribution in [3.63, 3.8) is 0 Å². The number of carbonyl (C=O) groups excluding carboxylic acids is 5. The van der Waals surface area contributed by atoms with Crippen LogP contribution in [0.1, 0.15) is 125 Å². The monoisotopic (exact) mass is 751 g/mol. The van der Waals surface area contributed by atoms with Crippen molar-refractivity contribution in [3.05, 3.63) is 35.9 Å². The van der Waals surface area contributed by atoms with Gasteiger partial charge in [0.2, 0.25) is 5.91 Å². The van der Waals surface area contributed by atoms with E-state index in [0.29, 0.717) is 25.7 Å². The Morgan fingerprint density at radius 1 is 0.889 bits per heavy atom. The molecule has 0 bridgehead atoms. The standard InChI is InChI=1S/C43H61NO10/c1-23(14-17-35(48)24(2)40(49)44-25(3)39(54-41(44)50)29-12-10-9-11-13-29)32-15-16-33-38-34(22-37(43(32,33)8)53-28(6)47)42(7)19-18-31(51-26(4)45)20-30(42)21-36(38)52-27(5)46/h9-13,23-25,30-39,48H,14-22H2,1-8H3/t23-,24-,25-,30+,31-,32-,33+,34+,35+,36-,37+,38+,39-,42+,43-/m1/s1. The number of fused-ring (bicyclic) bond motifs is 5. The Labute approximate surface area is 320 Å². The largest absolute Gasteiger partial charge is 0.463 e. The zero-order valence-electron chi connectivity index (χ0n) is 33.3. The molecule has 11 nitrogen and oxygen atoms in total. The van der Waals surface area contributed by atoms with E-state index in [1.165, 1.54) is 20.8 Å². The third kappa shape index (κ3) is 7.30. The van der Waals surface area contributed by atoms with E-state index < -0.39 is 41.6 Å². The summed E-state index contributed by atoms with van der Waals surface area (Å²) in [4.78, 5) is 65.0. The smallest absolute Gasteiger partial charge is 0.417 e. The van der Waals surface area contributed by atoms with E-state index in [-0.39, 0.29) is 77.1 Å². The van der Waals surface area contributed by atoms with Crippen LogP contribution in [0.25, 0.3) is 0 Å². The summed E-state index contributed by atoms with van der Waals surface area (Å²) >= 11 is 0. The quantitative estimate of drug-likeness (QED) is 0.193. The highest BCUT2D eigenvalue weighted by Gasteiger charge is 2.67. The Kier molecular flexibility index (Phi) is 11.6. The molecule has 5 fully saturated rings. The molecule has 1 aliphatic heterocycles. The van der Waals surface area contributed by atoms with Gasteiger partial charge in [-0.1, -0.05) is 58.0 Å². The summed E-state index contributed by atoms with van der Waals surface area (Å²) in [5.41, 5.74) is 0.332. The molecule has 298 valence electrons. The fourth-order valence-electron chi connectivity index (χ4n) is 12.2. The normalized spacial score (nSPS) is 38.8. The van der Waals surface area contributed by atoms with Gasteiger partial charge in [-0.05, 0) is 105 Å². The van der Waals surface area contributed by atoms with Gasteiger partial charge in [0, 0.05) is 32.1 Å². The second kappa shape index (κ2) is 15.6. The van der Waals surface area contributed by atoms with Gasteiger partial charge in [0.25, 0.3) is 0 Å². The van der Waals surface area contributed by atoms with Crippen LogP contribution in [-0.4, -0.2) is 70.4 Å². The topological polar surface area (TPSA) is 146 Å². The van der Waals surface area contributed by atoms with Crippen molar-refractivity contribution in [1.29, 1.82) is 0 Å². The number of hydrogen-bond donors (Lipinski definition) is 1. The first-order valence-electron chi connectivity index (χ1n) is 20.3. The number of amides is 2. The second-order valence-corrected chi connectivity index (χ2v) is 17.8. The summed E-state index contributed by atoms with van der Waals surface area (Å²) in [6, 6.07) is 8.84. The molecule has 11 heteroatoms. The molecule has 4 aliphatic carbocycles. The fraction of sp³-hybridized carbons (Fsp3) is 0.744. The molecule has 1 N–H and O–H groups in total. The number of hydrogen-bond acceptors (Lipinski definition) is 10. The molecular formula is C43H61NO10. The minimum Gasteiger partial charge on any atom is -0.463 e. The third-order valence-corrected chi connectivity index (χ3v) is 14.9. The van der Waals surface area contributed by atoms with Gasteiger partial charge in [0.1, 0.15) is 24.4 Å². The molecular weight excluding hydrogens is 690 g/mol. The van der Waals surface area contributed by atoms with Crippen LogP contribution in [0.5, 0.6) is 0 Å². The number of aliphatic hydroxyl groups is 1. The predicted octanol–water partition coefficient (Wildman–Crippen LogP) is 7.18. The van der Waals surface area contributed by atoms with Crippen LogP contribution in [0.2, 0.25) is 0 Å². The summed E-state index contributed by atoms with van der Waals surface area (Å²) in [7, 11) is 0. The van der Waals surface area contributed by atoms with Crippen molar-refractivity contribution in [1.82, 2.24) is 4.90 Å². The molecule has 0 unspecified atom stereocenters. The number of benzene rings is 1. The predicted molar refractivity (Wildman–Crippen MR) is 198 cm³/mol. The van der Waals surface area contributed by atoms with E-state index in [0.717, 1.165) is 42.6 Å². The van der Waals surface area contributed by atoms with Crippen LogP contribution in [0, 0.1) is 52.3 Å². The van der Waals surface area contributed by atoms with Crippen LogP contribution >= 0.6 is 0 Å². The Bertz CT molecular complexity index is 1580. The fourth-order valence-corrected chi connectivity index (χ4v) is 12.2. The number of cyclic esters (lactones) is 1. The Hall–Kier alpha value is -3.47. The molecule has 2 amide bonds. The lowest BCUT2D eigenvalue weighted by atomic mass is 9.43. The second-order valence-electron chi connectivity index (χ2n) is 17.8. The van der Waals surface area contributed by atoms with Gasteiger partial charge in [0.05, 0.1) is 18.1 Å². The van der Waals surface area contributed by atoms with E-state index >= 15 is 0 Å². The number of esters is 3. The Morgan fingerprint density at radius 3 is 2.20 bits per heavy atom. The molecule has 15 atom stereocenters. The van der Waals surface area contributed by atoms with Gasteiger partial charge in [-0.2, -0.15) is 0 Å². The van der Waals surface area contributed by atoms with Gasteiger partial charge in [0.15, 0.2) is 0 Å². The molecule has 0 aromatic heterocycles. The summed E-state index contributed by atoms with van der Waals surface area (Å²) in [6.07, 6.45) is 3.61. The molecule has 1 aromatic carbocycles. The molecule has 0 spiro atoms. The first-order chi connectivity index (χ1) is 25.5. The highest BCUT2D eigenvalue weighted by atomic mass is 16.6. The SMILES string of the molecule is CC(=O)O[C@@H]1CC[C@@]2(C)[C@@H](C1)C[C@@H](OC(C)=O)[C@@H]1[C@@H]2C[C@H](OC(C)=O)[C@]2(C)[C@@H]([C@H](C)CC[C@H](O)[C@@H](C)C(=O)N3C(=O)O[C@@H](c4ccccc4)[C@H]3C)CC[C@@H]12. The van der Waals surface area contributed by atoms with E-state index in [2.05, 4.69) is 20.8 Å². The lowest BCUT2D eigenvalue weighted by Gasteiger charge is -2.64. The van der Waals surface area contributed by atoms with Crippen LogP contribution < -0.4 is 0 Å². The molecule has 54 heavy (non-hydrogen) atoms. The third-order valence-electron chi connectivity index (χ3n) is 14.9. The molecule has 1 saturated heterocycles. The van der Waals surface area contributed by atoms with Gasteiger partial charge in [-0.25, -0.2) is 9.69 Å². The molecule has 5 aliphatic rings. The summed E-state index contributed by atoms with van der Waals surface area (Å²) in [5.74, 6) is -1.26. The number of ether oxygens (including phenoxy) is 4. The molecule has 1 heterocycles. The van der Waals surface area contributed by atoms with Crippen molar-refractivity contribution >= 4 is 29.9 Å². The number of aliphatic hydroxyl groups excluding tert-OH is 1. The van der Waals surface area contributed by atoms with Crippen molar-refractivity contribution in [3.8, 4) is 0 Å². The zero-order chi connectivity index (χ0) is 39.3. The summed E-state index contributed by atoms with van der Waals surface area (Å²) < 4.78 is 23.8. The molecule has 6 rings (SSSR count). The van der Waals surface area contributed by atoms with Crippen molar-refractivity contribution < 1.29 is 48.0 Å². The minimum absolute atomic E-state index is 0.0887. The first kappa shape index (κ1) is 40.2. The maximum absolute atomic E-state index is 13.7. The lowest BCUT2D eigenvalue weighted by molar-refractivity contribution is -0.224. The highest BCUT2D eigenvalue weighted by molar-refractivity contribution is 5.95. The number of carbonyl (C=O) groups is 5. The molecule has 0 radical (unpaired) electrons. The van der Waals surface area contributed by atoms with Crippen LogP contribution in [0.3, 0.4) is 0 Å². The van der Waals surface area contributed by atoms with Crippen molar-refractivity contribution in [2.24, 2.45) is 52.3 Å². The first-order valence-corrected chi connectivity index (χ1v) is 20.3. The zero-order valence-corrected chi connectivity index (χ0v) is 33.3. The average Bonchev–Trinajstić information content (AvgIpc) is 3.62. The summed E-state index contributed by atoms with van der Waals surface area (Å²) in [6.45, 7) is 14.7. The van der Waals surface area contributed by atoms with Crippen LogP contribution in [0.15, 0.2) is 30.3 Å².